The molecule has 0 aromatic heterocycles. The number of rotatable bonds is 0. The molecule has 2 nitrogen and oxygen atoms in total. The van der Waals surface area contributed by atoms with E-state index in [1.165, 1.54) is 0 Å². The number of hydrogen-bond donors (Lipinski definition) is 0. The lowest BCUT2D eigenvalue weighted by Gasteiger charge is -1.52. The van der Waals surface area contributed by atoms with Gasteiger partial charge in [-0.1, -0.05) is 11.8 Å². The van der Waals surface area contributed by atoms with Crippen molar-refractivity contribution in [2.45, 2.75) is 0 Å². The highest BCUT2D eigenvalue weighted by atomic mass is 32.2. The van der Waals surface area contributed by atoms with E-state index in [-0.39, 0.29) is 11.8 Å². The summed E-state index contributed by atoms with van der Waals surface area (Å²) in [5, 5.41) is 18.6. The third-order valence-electron chi connectivity index (χ3n) is 0.112. The SMILES string of the molecule is N#C[SH2]C#N. The third-order valence-corrected chi connectivity index (χ3v) is 0.335. The Hall–Kier alpha value is -0.670. The van der Waals surface area contributed by atoms with Gasteiger partial charge in [-0.15, -0.1) is 0 Å². The topological polar surface area (TPSA) is 47.6 Å². The minimum Gasteiger partial charge on any atom is -0.186 e. The van der Waals surface area contributed by atoms with E-state index >= 15 is 0 Å². The molecule has 0 saturated carbocycles. The van der Waals surface area contributed by atoms with Gasteiger partial charge >= 0.3 is 0 Å². The number of hydrogen-bond acceptors (Lipinski definition) is 2. The summed E-state index contributed by atoms with van der Waals surface area (Å²) in [5.41, 5.74) is 0. The second-order valence-corrected chi connectivity index (χ2v) is 1.05. The lowest BCUT2D eigenvalue weighted by Crippen LogP contribution is -1.29. The third kappa shape index (κ3) is 3.33. The minimum atomic E-state index is -0.191. The zero-order chi connectivity index (χ0) is 4.12. The standard InChI is InChI=1S/C2H2N2S/c3-1-5-2-4/h5H2. The Morgan fingerprint density at radius 1 is 1.20 bits per heavy atom. The van der Waals surface area contributed by atoms with Crippen LogP contribution in [0.25, 0.3) is 0 Å². The number of thiocyanates is 2. The van der Waals surface area contributed by atoms with E-state index in [0.29, 0.717) is 0 Å². The Bertz CT molecular complexity index is 72.8. The monoisotopic (exact) mass is 86.0 g/mol. The highest BCUT2D eigenvalue weighted by Crippen LogP contribution is 1.85. The average Bonchev–Trinajstić information content (AvgIpc) is 1.41. The van der Waals surface area contributed by atoms with Crippen LogP contribution >= 0.6 is 11.8 Å². The van der Waals surface area contributed by atoms with Gasteiger partial charge in [-0.3, -0.25) is 0 Å². The van der Waals surface area contributed by atoms with Gasteiger partial charge in [0.05, 0.1) is 0 Å². The Balaban J connectivity index is 2.86. The molecule has 0 saturated heterocycles. The summed E-state index contributed by atoms with van der Waals surface area (Å²) in [6.07, 6.45) is 0. The highest BCUT2D eigenvalue weighted by molar-refractivity contribution is 8.07. The molecule has 0 unspecified atom stereocenters. The van der Waals surface area contributed by atoms with Crippen LogP contribution in [0, 0.1) is 21.3 Å². The fourth-order valence-corrected chi connectivity index (χ4v) is 0.0750. The molecular weight excluding hydrogens is 84.1 g/mol. The quantitative estimate of drug-likeness (QED) is 0.394. The molecule has 0 spiro atoms. The molecule has 0 aromatic carbocycles. The molecule has 0 atom stereocenters. The number of nitriles is 2. The summed E-state index contributed by atoms with van der Waals surface area (Å²) in [5.74, 6) is 0. The first kappa shape index (κ1) is 4.33. The molecule has 0 fully saturated rings. The molecular formula is C2H2N2S. The summed E-state index contributed by atoms with van der Waals surface area (Å²) >= 11 is -0.191. The summed E-state index contributed by atoms with van der Waals surface area (Å²) < 4.78 is 0. The first-order valence-electron chi connectivity index (χ1n) is 0.947. The lowest BCUT2D eigenvalue weighted by molar-refractivity contribution is 1.56. The largest absolute Gasteiger partial charge is 0.186 e. The molecule has 0 aliphatic carbocycles. The Morgan fingerprint density at radius 2 is 1.60 bits per heavy atom. The highest BCUT2D eigenvalue weighted by Gasteiger charge is 1.54. The van der Waals surface area contributed by atoms with Gasteiger partial charge in [0.2, 0.25) is 0 Å². The second kappa shape index (κ2) is 3.33. The van der Waals surface area contributed by atoms with Crippen LogP contribution in [0.5, 0.6) is 0 Å². The van der Waals surface area contributed by atoms with Crippen molar-refractivity contribution in [1.82, 2.24) is 0 Å². The lowest BCUT2D eigenvalue weighted by atomic mass is 11.8. The van der Waals surface area contributed by atoms with Crippen molar-refractivity contribution in [2.24, 2.45) is 0 Å². The van der Waals surface area contributed by atoms with Crippen LogP contribution in [-0.4, -0.2) is 0 Å². The average molecular weight is 86.1 g/mol. The fraction of sp³-hybridized carbons (Fsp3) is 0. The van der Waals surface area contributed by atoms with Crippen molar-refractivity contribution in [3.63, 3.8) is 0 Å². The van der Waals surface area contributed by atoms with Gasteiger partial charge in [-0.05, 0) is 0 Å². The predicted octanol–water partition coefficient (Wildman–Crippen LogP) is 0.146. The molecule has 0 aliphatic rings. The van der Waals surface area contributed by atoms with Crippen molar-refractivity contribution in [3.8, 4) is 10.8 Å². The van der Waals surface area contributed by atoms with Gasteiger partial charge < -0.3 is 0 Å². The van der Waals surface area contributed by atoms with E-state index in [2.05, 4.69) is 0 Å². The van der Waals surface area contributed by atoms with Crippen LogP contribution in [0.1, 0.15) is 0 Å². The van der Waals surface area contributed by atoms with Crippen LogP contribution < -0.4 is 0 Å². The molecule has 0 aromatic rings. The maximum absolute atomic E-state index is 7.61. The van der Waals surface area contributed by atoms with Crippen LogP contribution in [0.2, 0.25) is 0 Å². The smallest absolute Gasteiger partial charge is 0.121 e. The summed E-state index contributed by atoms with van der Waals surface area (Å²) in [7, 11) is 0. The molecule has 0 amide bonds. The van der Waals surface area contributed by atoms with E-state index in [0.717, 1.165) is 0 Å². The normalized spacial score (nSPS) is 5.20. The van der Waals surface area contributed by atoms with E-state index in [1.54, 1.807) is 10.8 Å². The molecule has 0 aliphatic heterocycles. The van der Waals surface area contributed by atoms with Gasteiger partial charge in [-0.2, -0.15) is 10.5 Å². The summed E-state index contributed by atoms with van der Waals surface area (Å²) in [6.45, 7) is 0. The van der Waals surface area contributed by atoms with Crippen LogP contribution in [0.15, 0.2) is 0 Å². The minimum absolute atomic E-state index is 0.191. The molecule has 3 heteroatoms. The molecule has 0 bridgehead atoms. The zero-order valence-corrected chi connectivity index (χ0v) is 3.39. The molecule has 26 valence electrons. The van der Waals surface area contributed by atoms with E-state index in [1.807, 2.05) is 0 Å². The molecule has 0 heterocycles. The van der Waals surface area contributed by atoms with Crippen LogP contribution in [-0.2, 0) is 0 Å². The van der Waals surface area contributed by atoms with E-state index in [9.17, 15) is 0 Å². The summed E-state index contributed by atoms with van der Waals surface area (Å²) in [6, 6.07) is 0. The van der Waals surface area contributed by atoms with Crippen molar-refractivity contribution in [3.05, 3.63) is 0 Å². The first-order valence-corrected chi connectivity index (χ1v) is 1.95. The maximum Gasteiger partial charge on any atom is 0.121 e. The molecule has 5 heavy (non-hydrogen) atoms. The zero-order valence-electron chi connectivity index (χ0n) is 2.39. The van der Waals surface area contributed by atoms with Crippen molar-refractivity contribution in [1.29, 1.82) is 10.5 Å². The second-order valence-electron chi connectivity index (χ2n) is 0.349. The van der Waals surface area contributed by atoms with Gasteiger partial charge in [0.1, 0.15) is 10.8 Å². The van der Waals surface area contributed by atoms with Crippen LogP contribution in [0.3, 0.4) is 0 Å². The van der Waals surface area contributed by atoms with Gasteiger partial charge in [0.15, 0.2) is 0 Å². The fourth-order valence-electron chi connectivity index (χ4n) is 0.0250. The number of nitrogens with zero attached hydrogens (tertiary/aromatic N) is 2. The molecule has 0 rings (SSSR count). The van der Waals surface area contributed by atoms with Crippen molar-refractivity contribution < 1.29 is 0 Å². The summed E-state index contributed by atoms with van der Waals surface area (Å²) in [4.78, 5) is 0. The van der Waals surface area contributed by atoms with E-state index < -0.39 is 0 Å². The predicted molar refractivity (Wildman–Crippen MR) is 21.6 cm³/mol. The Morgan fingerprint density at radius 3 is 1.60 bits per heavy atom. The van der Waals surface area contributed by atoms with Crippen molar-refractivity contribution >= 4 is 11.8 Å². The molecule has 0 radical (unpaired) electrons. The van der Waals surface area contributed by atoms with Crippen LogP contribution in [0.4, 0.5) is 0 Å². The maximum atomic E-state index is 7.61. The van der Waals surface area contributed by atoms with Gasteiger partial charge in [0.25, 0.3) is 0 Å². The van der Waals surface area contributed by atoms with Gasteiger partial charge in [-0.25, -0.2) is 0 Å². The first-order chi connectivity index (χ1) is 2.41. The molecule has 0 N–H and O–H groups in total. The Kier molecular flexibility index (Phi) is 2.88. The van der Waals surface area contributed by atoms with E-state index in [4.69, 9.17) is 10.5 Å². The van der Waals surface area contributed by atoms with Crippen molar-refractivity contribution in [2.75, 3.05) is 0 Å². The Labute approximate surface area is 34.0 Å². The van der Waals surface area contributed by atoms with Gasteiger partial charge in [0, 0.05) is 0 Å².